The van der Waals surface area contributed by atoms with Crippen molar-refractivity contribution in [1.82, 2.24) is 4.90 Å². The largest absolute Gasteiger partial charge is 0.464 e. The van der Waals surface area contributed by atoms with Crippen LogP contribution in [0.1, 0.15) is 20.3 Å². The maximum Gasteiger partial charge on any atom is 0.332 e. The molecule has 6 heteroatoms. The summed E-state index contributed by atoms with van der Waals surface area (Å²) in [4.78, 5) is 24.3. The van der Waals surface area contributed by atoms with Gasteiger partial charge in [0.15, 0.2) is 6.04 Å². The van der Waals surface area contributed by atoms with Crippen LogP contribution in [-0.2, 0) is 14.3 Å². The second-order valence-corrected chi connectivity index (χ2v) is 3.28. The van der Waals surface area contributed by atoms with E-state index in [1.807, 2.05) is 6.92 Å². The van der Waals surface area contributed by atoms with Crippen molar-refractivity contribution in [3.8, 4) is 0 Å². The lowest BCUT2D eigenvalue weighted by Gasteiger charge is -2.23. The Morgan fingerprint density at radius 2 is 2.00 bits per heavy atom. The second-order valence-electron chi connectivity index (χ2n) is 3.28. The SMILES string of the molecule is CCCN(CCO)C(=O)C(N)C(=O)OCC. The Morgan fingerprint density at radius 1 is 1.38 bits per heavy atom. The van der Waals surface area contributed by atoms with Gasteiger partial charge in [-0.15, -0.1) is 0 Å². The average molecular weight is 232 g/mol. The number of esters is 1. The van der Waals surface area contributed by atoms with E-state index in [2.05, 4.69) is 4.74 Å². The van der Waals surface area contributed by atoms with Gasteiger partial charge in [-0.3, -0.25) is 4.79 Å². The van der Waals surface area contributed by atoms with Crippen LogP contribution in [0, 0.1) is 0 Å². The van der Waals surface area contributed by atoms with E-state index in [0.29, 0.717) is 6.54 Å². The number of aliphatic hydroxyl groups excluding tert-OH is 1. The molecule has 0 spiro atoms. The fourth-order valence-corrected chi connectivity index (χ4v) is 1.25. The van der Waals surface area contributed by atoms with Crippen molar-refractivity contribution in [2.24, 2.45) is 5.73 Å². The van der Waals surface area contributed by atoms with E-state index >= 15 is 0 Å². The van der Waals surface area contributed by atoms with Crippen LogP contribution in [0.25, 0.3) is 0 Å². The molecule has 94 valence electrons. The van der Waals surface area contributed by atoms with Gasteiger partial charge in [0.25, 0.3) is 5.91 Å². The summed E-state index contributed by atoms with van der Waals surface area (Å²) >= 11 is 0. The minimum absolute atomic E-state index is 0.152. The number of hydrogen-bond donors (Lipinski definition) is 2. The predicted molar refractivity (Wildman–Crippen MR) is 58.6 cm³/mol. The van der Waals surface area contributed by atoms with Crippen LogP contribution < -0.4 is 5.73 Å². The Bertz CT molecular complexity index is 227. The molecule has 1 atom stereocenters. The molecule has 16 heavy (non-hydrogen) atoms. The predicted octanol–water partition coefficient (Wildman–Crippen LogP) is -0.892. The van der Waals surface area contributed by atoms with Crippen molar-refractivity contribution in [2.75, 3.05) is 26.3 Å². The van der Waals surface area contributed by atoms with Gasteiger partial charge in [-0.05, 0) is 13.3 Å². The van der Waals surface area contributed by atoms with Crippen molar-refractivity contribution in [3.05, 3.63) is 0 Å². The van der Waals surface area contributed by atoms with Crippen LogP contribution in [0.15, 0.2) is 0 Å². The maximum absolute atomic E-state index is 11.7. The summed E-state index contributed by atoms with van der Waals surface area (Å²) in [6, 6.07) is -1.29. The third kappa shape index (κ3) is 4.59. The molecular weight excluding hydrogens is 212 g/mol. The van der Waals surface area contributed by atoms with Gasteiger partial charge < -0.3 is 20.5 Å². The lowest BCUT2D eigenvalue weighted by molar-refractivity contribution is -0.151. The van der Waals surface area contributed by atoms with Crippen LogP contribution in [0.2, 0.25) is 0 Å². The Balaban J connectivity index is 4.40. The maximum atomic E-state index is 11.7. The Morgan fingerprint density at radius 3 is 2.44 bits per heavy atom. The minimum atomic E-state index is -1.29. The van der Waals surface area contributed by atoms with Gasteiger partial charge in [0.05, 0.1) is 13.2 Å². The van der Waals surface area contributed by atoms with Gasteiger partial charge in [0.2, 0.25) is 0 Å². The number of nitrogens with two attached hydrogens (primary N) is 1. The highest BCUT2D eigenvalue weighted by Crippen LogP contribution is 1.98. The summed E-state index contributed by atoms with van der Waals surface area (Å²) in [6.07, 6.45) is 0.737. The molecule has 1 unspecified atom stereocenters. The number of ether oxygens (including phenoxy) is 1. The monoisotopic (exact) mass is 232 g/mol. The molecule has 0 aromatic heterocycles. The number of aliphatic hydroxyl groups is 1. The summed E-state index contributed by atoms with van der Waals surface area (Å²) in [7, 11) is 0. The van der Waals surface area contributed by atoms with Gasteiger partial charge >= 0.3 is 5.97 Å². The minimum Gasteiger partial charge on any atom is -0.464 e. The zero-order chi connectivity index (χ0) is 12.6. The topological polar surface area (TPSA) is 92.9 Å². The summed E-state index contributed by atoms with van der Waals surface area (Å²) in [6.45, 7) is 4.22. The first-order valence-corrected chi connectivity index (χ1v) is 5.40. The van der Waals surface area contributed by atoms with E-state index in [4.69, 9.17) is 10.8 Å². The first-order valence-electron chi connectivity index (χ1n) is 5.40. The van der Waals surface area contributed by atoms with Crippen LogP contribution in [0.5, 0.6) is 0 Å². The molecule has 0 aliphatic heterocycles. The standard InChI is InChI=1S/C10H20N2O4/c1-3-5-12(6-7-13)9(14)8(11)10(15)16-4-2/h8,13H,3-7,11H2,1-2H3. The Kier molecular flexibility index (Phi) is 7.49. The molecule has 0 aliphatic carbocycles. The molecule has 0 fully saturated rings. The molecule has 3 N–H and O–H groups in total. The molecule has 0 aromatic rings. The molecule has 0 bridgehead atoms. The van der Waals surface area contributed by atoms with Crippen LogP contribution in [0.3, 0.4) is 0 Å². The molecule has 0 saturated heterocycles. The molecule has 6 nitrogen and oxygen atoms in total. The highest BCUT2D eigenvalue weighted by Gasteiger charge is 2.27. The van der Waals surface area contributed by atoms with Gasteiger partial charge in [-0.2, -0.15) is 0 Å². The molecule has 0 saturated carbocycles. The summed E-state index contributed by atoms with van der Waals surface area (Å²) in [5.74, 6) is -1.24. The van der Waals surface area contributed by atoms with Crippen molar-refractivity contribution in [3.63, 3.8) is 0 Å². The zero-order valence-corrected chi connectivity index (χ0v) is 9.81. The van der Waals surface area contributed by atoms with Crippen LogP contribution >= 0.6 is 0 Å². The third-order valence-electron chi connectivity index (χ3n) is 1.98. The second kappa shape index (κ2) is 8.06. The summed E-state index contributed by atoms with van der Waals surface area (Å²) in [5, 5.41) is 8.79. The molecule has 1 amide bonds. The van der Waals surface area contributed by atoms with Gasteiger partial charge in [0.1, 0.15) is 0 Å². The molecular formula is C10H20N2O4. The smallest absolute Gasteiger partial charge is 0.332 e. The molecule has 0 rings (SSSR count). The molecule has 0 heterocycles. The molecule has 0 aliphatic rings. The number of hydrogen-bond acceptors (Lipinski definition) is 5. The normalized spacial score (nSPS) is 12.0. The highest BCUT2D eigenvalue weighted by atomic mass is 16.5. The van der Waals surface area contributed by atoms with E-state index < -0.39 is 17.9 Å². The fourth-order valence-electron chi connectivity index (χ4n) is 1.25. The van der Waals surface area contributed by atoms with E-state index in [9.17, 15) is 9.59 Å². The molecule has 0 radical (unpaired) electrons. The lowest BCUT2D eigenvalue weighted by atomic mass is 10.2. The van der Waals surface area contributed by atoms with Gasteiger partial charge in [0, 0.05) is 13.1 Å². The fraction of sp³-hybridized carbons (Fsp3) is 0.800. The molecule has 0 aromatic carbocycles. The quantitative estimate of drug-likeness (QED) is 0.438. The van der Waals surface area contributed by atoms with E-state index in [0.717, 1.165) is 6.42 Å². The Labute approximate surface area is 95.4 Å². The number of nitrogens with zero attached hydrogens (tertiary/aromatic N) is 1. The lowest BCUT2D eigenvalue weighted by Crippen LogP contribution is -2.49. The van der Waals surface area contributed by atoms with Gasteiger partial charge in [-0.1, -0.05) is 6.92 Å². The number of carbonyl (C=O) groups is 2. The average Bonchev–Trinajstić information content (AvgIpc) is 2.27. The first kappa shape index (κ1) is 14.9. The van der Waals surface area contributed by atoms with Crippen LogP contribution in [0.4, 0.5) is 0 Å². The highest BCUT2D eigenvalue weighted by molar-refractivity contribution is 6.01. The van der Waals surface area contributed by atoms with Crippen molar-refractivity contribution in [2.45, 2.75) is 26.3 Å². The number of amides is 1. The van der Waals surface area contributed by atoms with E-state index in [-0.39, 0.29) is 19.8 Å². The summed E-state index contributed by atoms with van der Waals surface area (Å²) < 4.78 is 4.66. The van der Waals surface area contributed by atoms with Crippen LogP contribution in [-0.4, -0.2) is 54.2 Å². The summed E-state index contributed by atoms with van der Waals surface area (Å²) in [5.41, 5.74) is 5.46. The van der Waals surface area contributed by atoms with E-state index in [1.54, 1.807) is 6.92 Å². The number of carbonyl (C=O) groups excluding carboxylic acids is 2. The zero-order valence-electron chi connectivity index (χ0n) is 9.81. The van der Waals surface area contributed by atoms with E-state index in [1.165, 1.54) is 4.90 Å². The first-order chi connectivity index (χ1) is 7.58. The van der Waals surface area contributed by atoms with Gasteiger partial charge in [-0.25, -0.2) is 4.79 Å². The third-order valence-corrected chi connectivity index (χ3v) is 1.98. The van der Waals surface area contributed by atoms with Crippen molar-refractivity contribution >= 4 is 11.9 Å². The Hall–Kier alpha value is -1.14. The number of rotatable bonds is 7. The van der Waals surface area contributed by atoms with Crippen molar-refractivity contribution in [1.29, 1.82) is 0 Å². The van der Waals surface area contributed by atoms with Crippen molar-refractivity contribution < 1.29 is 19.4 Å².